The Hall–Kier alpha value is -1.52. The number of hydrogen-bond donors (Lipinski definition) is 2. The molecule has 0 aliphatic rings. The maximum Gasteiger partial charge on any atom is 0.138 e. The maximum atomic E-state index is 9.81. The average molecular weight is 280 g/mol. The molecule has 102 valence electrons. The average Bonchev–Trinajstić information content (AvgIpc) is 2.75. The predicted octanol–water partition coefficient (Wildman–Crippen LogP) is 2.63. The number of nitrogens with zero attached hydrogens (tertiary/aromatic N) is 2. The molecule has 0 fully saturated rings. The molecule has 0 atom stereocenters. The molecule has 2 N–H and O–H groups in total. The summed E-state index contributed by atoms with van der Waals surface area (Å²) in [5, 5.41) is 17.9. The van der Waals surface area contributed by atoms with Crippen LogP contribution < -0.4 is 5.32 Å². The Labute approximate surface area is 118 Å². The number of aromatic nitrogens is 2. The zero-order chi connectivity index (χ0) is 13.8. The number of halogens is 1. The van der Waals surface area contributed by atoms with Crippen LogP contribution in [-0.4, -0.2) is 14.9 Å². The van der Waals surface area contributed by atoms with Crippen LogP contribution >= 0.6 is 11.6 Å². The van der Waals surface area contributed by atoms with Crippen molar-refractivity contribution in [3.63, 3.8) is 0 Å². The van der Waals surface area contributed by atoms with Gasteiger partial charge in [0, 0.05) is 37.5 Å². The lowest BCUT2D eigenvalue weighted by atomic mass is 10.2. The van der Waals surface area contributed by atoms with Crippen molar-refractivity contribution < 1.29 is 5.11 Å². The van der Waals surface area contributed by atoms with E-state index in [1.165, 1.54) is 5.56 Å². The molecule has 19 heavy (non-hydrogen) atoms. The highest BCUT2D eigenvalue weighted by molar-refractivity contribution is 6.32. The summed E-state index contributed by atoms with van der Waals surface area (Å²) < 4.78 is 1.83. The molecule has 0 unspecified atom stereocenters. The lowest BCUT2D eigenvalue weighted by molar-refractivity contribution is 0.464. The zero-order valence-corrected chi connectivity index (χ0v) is 11.9. The number of phenols is 1. The quantitative estimate of drug-likeness (QED) is 0.885. The van der Waals surface area contributed by atoms with Gasteiger partial charge in [-0.05, 0) is 12.5 Å². The number of aryl methyl sites for hydroxylation is 2. The van der Waals surface area contributed by atoms with Gasteiger partial charge >= 0.3 is 0 Å². The first-order valence-electron chi connectivity index (χ1n) is 6.30. The Bertz CT molecular complexity index is 566. The summed E-state index contributed by atoms with van der Waals surface area (Å²) >= 11 is 5.87. The first kappa shape index (κ1) is 13.9. The number of benzene rings is 1. The molecule has 4 nitrogen and oxygen atoms in total. The van der Waals surface area contributed by atoms with Gasteiger partial charge in [-0.15, -0.1) is 0 Å². The second-order valence-electron chi connectivity index (χ2n) is 4.48. The van der Waals surface area contributed by atoms with Crippen LogP contribution in [0.4, 0.5) is 0 Å². The minimum absolute atomic E-state index is 0.151. The van der Waals surface area contributed by atoms with Gasteiger partial charge in [0.25, 0.3) is 0 Å². The highest BCUT2D eigenvalue weighted by Crippen LogP contribution is 2.26. The number of hydrogen-bond acceptors (Lipinski definition) is 3. The van der Waals surface area contributed by atoms with Gasteiger partial charge in [0.2, 0.25) is 0 Å². The van der Waals surface area contributed by atoms with Crippen LogP contribution in [0.25, 0.3) is 0 Å². The van der Waals surface area contributed by atoms with Crippen molar-refractivity contribution in [3.8, 4) is 5.75 Å². The monoisotopic (exact) mass is 279 g/mol. The van der Waals surface area contributed by atoms with Gasteiger partial charge < -0.3 is 10.4 Å². The van der Waals surface area contributed by atoms with Crippen LogP contribution in [0.2, 0.25) is 5.02 Å². The van der Waals surface area contributed by atoms with E-state index < -0.39 is 0 Å². The van der Waals surface area contributed by atoms with E-state index in [-0.39, 0.29) is 5.75 Å². The molecule has 1 aromatic carbocycles. The minimum Gasteiger partial charge on any atom is -0.506 e. The van der Waals surface area contributed by atoms with Crippen molar-refractivity contribution in [2.45, 2.75) is 26.4 Å². The van der Waals surface area contributed by atoms with E-state index in [4.69, 9.17) is 11.6 Å². The predicted molar refractivity (Wildman–Crippen MR) is 76.2 cm³/mol. The fraction of sp³-hybridized carbons (Fsp3) is 0.357. The summed E-state index contributed by atoms with van der Waals surface area (Å²) in [4.78, 5) is 0. The van der Waals surface area contributed by atoms with Crippen molar-refractivity contribution in [1.29, 1.82) is 0 Å². The zero-order valence-electron chi connectivity index (χ0n) is 11.2. The molecule has 0 saturated heterocycles. The Morgan fingerprint density at radius 3 is 2.79 bits per heavy atom. The summed E-state index contributed by atoms with van der Waals surface area (Å²) in [6, 6.07) is 5.37. The normalized spacial score (nSPS) is 10.9. The molecule has 0 aliphatic carbocycles. The molecular formula is C14H18ClN3O. The van der Waals surface area contributed by atoms with Gasteiger partial charge in [-0.1, -0.05) is 30.7 Å². The highest BCUT2D eigenvalue weighted by atomic mass is 35.5. The van der Waals surface area contributed by atoms with Crippen LogP contribution in [0.15, 0.2) is 24.4 Å². The lowest BCUT2D eigenvalue weighted by Gasteiger charge is -2.07. The first-order valence-corrected chi connectivity index (χ1v) is 6.68. The molecule has 1 heterocycles. The lowest BCUT2D eigenvalue weighted by Crippen LogP contribution is -2.13. The SMILES string of the molecule is CCc1nn(C)cc1CNCc1cccc(Cl)c1O. The molecule has 5 heteroatoms. The molecule has 2 rings (SSSR count). The Kier molecular flexibility index (Phi) is 4.45. The van der Waals surface area contributed by atoms with E-state index >= 15 is 0 Å². The number of aromatic hydroxyl groups is 1. The van der Waals surface area contributed by atoms with Gasteiger partial charge in [-0.25, -0.2) is 0 Å². The summed E-state index contributed by atoms with van der Waals surface area (Å²) in [5.41, 5.74) is 3.09. The van der Waals surface area contributed by atoms with Gasteiger partial charge in [0.1, 0.15) is 5.75 Å². The molecule has 0 bridgehead atoms. The van der Waals surface area contributed by atoms with E-state index in [0.29, 0.717) is 11.6 Å². The van der Waals surface area contributed by atoms with E-state index in [1.54, 1.807) is 6.07 Å². The van der Waals surface area contributed by atoms with Crippen molar-refractivity contribution >= 4 is 11.6 Å². The number of nitrogens with one attached hydrogen (secondary N) is 1. The van der Waals surface area contributed by atoms with E-state index in [9.17, 15) is 5.11 Å². The number of para-hydroxylation sites is 1. The summed E-state index contributed by atoms with van der Waals surface area (Å²) in [6.45, 7) is 3.39. The third-order valence-corrected chi connectivity index (χ3v) is 3.33. The molecule has 0 aliphatic heterocycles. The van der Waals surface area contributed by atoms with Gasteiger partial charge in [0.05, 0.1) is 10.7 Å². The third-order valence-electron chi connectivity index (χ3n) is 3.03. The van der Waals surface area contributed by atoms with Crippen LogP contribution in [-0.2, 0) is 26.6 Å². The molecular weight excluding hydrogens is 262 g/mol. The Morgan fingerprint density at radius 2 is 2.05 bits per heavy atom. The second-order valence-corrected chi connectivity index (χ2v) is 4.89. The molecule has 0 amide bonds. The van der Waals surface area contributed by atoms with Crippen molar-refractivity contribution in [1.82, 2.24) is 15.1 Å². The van der Waals surface area contributed by atoms with Gasteiger partial charge in [-0.3, -0.25) is 4.68 Å². The first-order chi connectivity index (χ1) is 9.11. The highest BCUT2D eigenvalue weighted by Gasteiger charge is 2.07. The maximum absolute atomic E-state index is 9.81. The fourth-order valence-electron chi connectivity index (χ4n) is 2.06. The van der Waals surface area contributed by atoms with Crippen molar-refractivity contribution in [2.75, 3.05) is 0 Å². The summed E-state index contributed by atoms with van der Waals surface area (Å²) in [7, 11) is 1.92. The van der Waals surface area contributed by atoms with Crippen LogP contribution in [0.1, 0.15) is 23.7 Å². The minimum atomic E-state index is 0.151. The number of phenolic OH excluding ortho intramolecular Hbond substituents is 1. The van der Waals surface area contributed by atoms with Gasteiger partial charge in [0.15, 0.2) is 0 Å². The molecule has 0 radical (unpaired) electrons. The summed E-state index contributed by atoms with van der Waals surface area (Å²) in [6.07, 6.45) is 2.93. The van der Waals surface area contributed by atoms with Crippen LogP contribution in [0.3, 0.4) is 0 Å². The van der Waals surface area contributed by atoms with Crippen LogP contribution in [0.5, 0.6) is 5.75 Å². The smallest absolute Gasteiger partial charge is 0.138 e. The van der Waals surface area contributed by atoms with E-state index in [2.05, 4.69) is 17.3 Å². The molecule has 0 spiro atoms. The standard InChI is InChI=1S/C14H18ClN3O/c1-3-13-11(9-18(2)17-13)8-16-7-10-5-4-6-12(15)14(10)19/h4-6,9,16,19H,3,7-8H2,1-2H3. The second kappa shape index (κ2) is 6.08. The number of rotatable bonds is 5. The van der Waals surface area contributed by atoms with Gasteiger partial charge in [-0.2, -0.15) is 5.10 Å². The van der Waals surface area contributed by atoms with E-state index in [0.717, 1.165) is 24.2 Å². The fourth-order valence-corrected chi connectivity index (χ4v) is 2.26. The molecule has 0 saturated carbocycles. The van der Waals surface area contributed by atoms with Crippen molar-refractivity contribution in [2.24, 2.45) is 7.05 Å². The molecule has 2 aromatic rings. The Morgan fingerprint density at radius 1 is 1.32 bits per heavy atom. The van der Waals surface area contributed by atoms with Crippen molar-refractivity contribution in [3.05, 3.63) is 46.2 Å². The van der Waals surface area contributed by atoms with E-state index in [1.807, 2.05) is 30.1 Å². The largest absolute Gasteiger partial charge is 0.506 e. The van der Waals surface area contributed by atoms with Crippen LogP contribution in [0, 0.1) is 0 Å². The molecule has 1 aromatic heterocycles. The topological polar surface area (TPSA) is 50.1 Å². The Balaban J connectivity index is 1.98. The summed E-state index contributed by atoms with van der Waals surface area (Å²) in [5.74, 6) is 0.151. The third kappa shape index (κ3) is 3.28.